The monoisotopic (exact) mass is 460 g/mol. The van der Waals surface area contributed by atoms with Crippen LogP contribution in [0.3, 0.4) is 0 Å². The minimum atomic E-state index is -0.310. The molecule has 0 aliphatic rings. The van der Waals surface area contributed by atoms with Crippen molar-refractivity contribution < 1.29 is 18.9 Å². The van der Waals surface area contributed by atoms with Crippen LogP contribution in [0.5, 0.6) is 23.0 Å². The number of H-pyrrole nitrogens is 2. The normalized spacial score (nSPS) is 10.6. The van der Waals surface area contributed by atoms with E-state index in [1.807, 2.05) is 0 Å². The zero-order valence-electron chi connectivity index (χ0n) is 19.2. The Morgan fingerprint density at radius 2 is 0.824 bits per heavy atom. The molecule has 2 heterocycles. The molecule has 174 valence electrons. The van der Waals surface area contributed by atoms with Crippen molar-refractivity contribution >= 4 is 0 Å². The van der Waals surface area contributed by atoms with E-state index in [0.717, 1.165) is 0 Å². The molecule has 0 radical (unpaired) electrons. The molecule has 0 unspecified atom stereocenters. The van der Waals surface area contributed by atoms with Gasteiger partial charge in [-0.3, -0.25) is 9.59 Å². The Morgan fingerprint density at radius 1 is 0.500 bits per heavy atom. The Bertz CT molecular complexity index is 1300. The second-order valence-electron chi connectivity index (χ2n) is 7.43. The summed E-state index contributed by atoms with van der Waals surface area (Å²) in [7, 11) is 6.20. The number of aromatic amines is 2. The lowest BCUT2D eigenvalue weighted by Gasteiger charge is -2.10. The fourth-order valence-corrected chi connectivity index (χ4v) is 3.64. The minimum Gasteiger partial charge on any atom is -0.497 e. The Hall–Kier alpha value is -4.46. The number of methoxy groups -OCH3 is 4. The number of hydrogen-bond donors (Lipinski definition) is 2. The molecule has 0 amide bonds. The summed E-state index contributed by atoms with van der Waals surface area (Å²) >= 11 is 0. The molecule has 0 aliphatic carbocycles. The van der Waals surface area contributed by atoms with E-state index in [-0.39, 0.29) is 11.1 Å². The van der Waals surface area contributed by atoms with Crippen molar-refractivity contribution in [3.63, 3.8) is 0 Å². The first-order valence-corrected chi connectivity index (χ1v) is 10.4. The molecule has 0 aliphatic heterocycles. The highest BCUT2D eigenvalue weighted by Crippen LogP contribution is 2.30. The lowest BCUT2D eigenvalue weighted by Crippen LogP contribution is -2.13. The van der Waals surface area contributed by atoms with Gasteiger partial charge in [-0.05, 0) is 59.7 Å². The number of hydrogen-bond acceptors (Lipinski definition) is 6. The predicted octanol–water partition coefficient (Wildman–Crippen LogP) is 4.10. The molecule has 0 spiro atoms. The van der Waals surface area contributed by atoms with Crippen molar-refractivity contribution in [1.29, 1.82) is 0 Å². The van der Waals surface area contributed by atoms with Crippen molar-refractivity contribution in [2.45, 2.75) is 0 Å². The Morgan fingerprint density at radius 3 is 1.09 bits per heavy atom. The summed E-state index contributed by atoms with van der Waals surface area (Å²) in [5.41, 5.74) is 2.54. The number of aromatic nitrogens is 2. The molecule has 4 aromatic rings. The first-order valence-electron chi connectivity index (χ1n) is 10.4. The van der Waals surface area contributed by atoms with E-state index < -0.39 is 0 Å². The van der Waals surface area contributed by atoms with E-state index in [1.54, 1.807) is 89.1 Å². The maximum absolute atomic E-state index is 12.9. The second-order valence-corrected chi connectivity index (χ2v) is 7.43. The molecule has 0 atom stereocenters. The third kappa shape index (κ3) is 4.52. The van der Waals surface area contributed by atoms with Gasteiger partial charge in [-0.25, -0.2) is 0 Å². The van der Waals surface area contributed by atoms with Gasteiger partial charge in [0, 0.05) is 23.3 Å². The highest BCUT2D eigenvalue weighted by Gasteiger charge is 2.12. The minimum absolute atomic E-state index is 0.310. The molecule has 0 fully saturated rings. The molecule has 2 N–H and O–H groups in total. The van der Waals surface area contributed by atoms with Gasteiger partial charge in [-0.15, -0.1) is 0 Å². The quantitative estimate of drug-likeness (QED) is 0.431. The highest BCUT2D eigenvalue weighted by molar-refractivity contribution is 5.71. The fraction of sp³-hybridized carbons (Fsp3) is 0.154. The van der Waals surface area contributed by atoms with Gasteiger partial charge in [0.2, 0.25) is 0 Å². The van der Waals surface area contributed by atoms with Crippen LogP contribution in [0.1, 0.15) is 0 Å². The number of ether oxygens (including phenoxy) is 4. The molecule has 0 saturated heterocycles. The van der Waals surface area contributed by atoms with Crippen molar-refractivity contribution in [2.24, 2.45) is 0 Å². The summed E-state index contributed by atoms with van der Waals surface area (Å²) in [4.78, 5) is 31.4. The molecule has 0 saturated carbocycles. The molecule has 2 aromatic carbocycles. The molecule has 0 bridgehead atoms. The third-order valence-electron chi connectivity index (χ3n) is 5.43. The van der Waals surface area contributed by atoms with Gasteiger partial charge in [-0.2, -0.15) is 0 Å². The maximum atomic E-state index is 12.9. The van der Waals surface area contributed by atoms with Crippen LogP contribution in [-0.4, -0.2) is 38.4 Å². The molecular weight excluding hydrogens is 436 g/mol. The molecule has 4 rings (SSSR count). The Kier molecular flexibility index (Phi) is 6.40. The zero-order valence-corrected chi connectivity index (χ0v) is 19.2. The maximum Gasteiger partial charge on any atom is 0.256 e. The van der Waals surface area contributed by atoms with E-state index in [1.165, 1.54) is 0 Å². The smallest absolute Gasteiger partial charge is 0.256 e. The van der Waals surface area contributed by atoms with E-state index >= 15 is 0 Å². The van der Waals surface area contributed by atoms with Crippen LogP contribution in [0.15, 0.2) is 70.3 Å². The van der Waals surface area contributed by atoms with E-state index in [4.69, 9.17) is 18.9 Å². The van der Waals surface area contributed by atoms with Crippen molar-refractivity contribution in [2.75, 3.05) is 28.4 Å². The van der Waals surface area contributed by atoms with Gasteiger partial charge in [0.1, 0.15) is 23.0 Å². The zero-order chi connectivity index (χ0) is 24.2. The molecule has 8 heteroatoms. The van der Waals surface area contributed by atoms with Crippen molar-refractivity contribution in [1.82, 2.24) is 9.97 Å². The topological polar surface area (TPSA) is 103 Å². The van der Waals surface area contributed by atoms with Gasteiger partial charge >= 0.3 is 0 Å². The van der Waals surface area contributed by atoms with Gasteiger partial charge in [0.25, 0.3) is 11.1 Å². The second kappa shape index (κ2) is 9.58. The van der Waals surface area contributed by atoms with Gasteiger partial charge in [0.05, 0.1) is 39.8 Å². The van der Waals surface area contributed by atoms with Crippen LogP contribution in [0.2, 0.25) is 0 Å². The molecular formula is C26H24N2O6. The summed E-state index contributed by atoms with van der Waals surface area (Å²) in [6.45, 7) is 0. The molecule has 34 heavy (non-hydrogen) atoms. The van der Waals surface area contributed by atoms with Gasteiger partial charge < -0.3 is 28.9 Å². The fourth-order valence-electron chi connectivity index (χ4n) is 3.64. The van der Waals surface area contributed by atoms with Crippen LogP contribution in [-0.2, 0) is 0 Å². The van der Waals surface area contributed by atoms with Crippen LogP contribution in [0.25, 0.3) is 33.6 Å². The van der Waals surface area contributed by atoms with Crippen LogP contribution in [0.4, 0.5) is 0 Å². The number of benzene rings is 2. The van der Waals surface area contributed by atoms with Crippen LogP contribution < -0.4 is 30.1 Å². The first kappa shape index (κ1) is 22.7. The lowest BCUT2D eigenvalue weighted by atomic mass is 10.0. The third-order valence-corrected chi connectivity index (χ3v) is 5.43. The van der Waals surface area contributed by atoms with E-state index in [9.17, 15) is 9.59 Å². The molecule has 8 nitrogen and oxygen atoms in total. The summed E-state index contributed by atoms with van der Waals surface area (Å²) in [5, 5.41) is 0. The average molecular weight is 460 g/mol. The summed E-state index contributed by atoms with van der Waals surface area (Å²) in [5.74, 6) is 2.30. The number of pyridine rings is 2. The van der Waals surface area contributed by atoms with Gasteiger partial charge in [0.15, 0.2) is 0 Å². The van der Waals surface area contributed by atoms with Crippen molar-refractivity contribution in [3.8, 4) is 56.6 Å². The largest absolute Gasteiger partial charge is 0.497 e. The van der Waals surface area contributed by atoms with Gasteiger partial charge in [-0.1, -0.05) is 0 Å². The standard InChI is InChI=1S/C26H24N2O6/c1-31-17-9-15(10-18(13-17)32-2)21-5-7-23(27-25(21)29)24-8-6-22(26(30)28-24)16-11-19(33-3)14-20(12-16)34-4/h5-14H,1-4H3,(H,27,29)(H,28,30). The van der Waals surface area contributed by atoms with E-state index in [0.29, 0.717) is 56.6 Å². The van der Waals surface area contributed by atoms with Crippen molar-refractivity contribution in [3.05, 3.63) is 81.4 Å². The Labute approximate surface area is 195 Å². The highest BCUT2D eigenvalue weighted by atomic mass is 16.5. The van der Waals surface area contributed by atoms with Crippen LogP contribution in [0, 0.1) is 0 Å². The lowest BCUT2D eigenvalue weighted by molar-refractivity contribution is 0.394. The Balaban J connectivity index is 1.71. The summed E-state index contributed by atoms with van der Waals surface area (Å²) in [6, 6.07) is 17.4. The molecule has 2 aromatic heterocycles. The summed E-state index contributed by atoms with van der Waals surface area (Å²) in [6.07, 6.45) is 0. The van der Waals surface area contributed by atoms with E-state index in [2.05, 4.69) is 9.97 Å². The first-order chi connectivity index (χ1) is 16.4. The number of rotatable bonds is 7. The number of nitrogens with one attached hydrogen (secondary N) is 2. The van der Waals surface area contributed by atoms with Crippen LogP contribution >= 0.6 is 0 Å². The SMILES string of the molecule is COc1cc(OC)cc(-c2ccc(-c3ccc(-c4cc(OC)cc(OC)c4)c(=O)[nH]3)[nH]c2=O)c1. The predicted molar refractivity (Wildman–Crippen MR) is 130 cm³/mol. The average Bonchev–Trinajstić information content (AvgIpc) is 2.87. The summed E-state index contributed by atoms with van der Waals surface area (Å²) < 4.78 is 21.2.